The predicted octanol–water partition coefficient (Wildman–Crippen LogP) is 1.66. The molecule has 7 nitrogen and oxygen atoms in total. The molecule has 0 amide bonds. The Kier molecular flexibility index (Phi) is 3.37. The van der Waals surface area contributed by atoms with Crippen molar-refractivity contribution in [3.63, 3.8) is 0 Å². The molecular formula is C12H18N6O. The van der Waals surface area contributed by atoms with Crippen LogP contribution in [-0.4, -0.2) is 20.1 Å². The molecular weight excluding hydrogens is 244 g/mol. The Hall–Kier alpha value is -2.18. The Morgan fingerprint density at radius 2 is 2.00 bits per heavy atom. The summed E-state index contributed by atoms with van der Waals surface area (Å²) in [6, 6.07) is 1.68. The Balaban J connectivity index is 2.14. The van der Waals surface area contributed by atoms with E-state index in [0.717, 1.165) is 0 Å². The number of nitrogen functional groups attached to an aromatic ring is 1. The second kappa shape index (κ2) is 4.83. The highest BCUT2D eigenvalue weighted by molar-refractivity contribution is 5.45. The predicted molar refractivity (Wildman–Crippen MR) is 71.5 cm³/mol. The quantitative estimate of drug-likeness (QED) is 0.866. The maximum atomic E-state index is 5.79. The molecule has 0 unspecified atom stereocenters. The van der Waals surface area contributed by atoms with Crippen LogP contribution in [0.3, 0.4) is 0 Å². The standard InChI is InChI=1S/C12H18N6O/c1-7-15-10(18-19-7)6-14-9-5-8(13)16-11(17-9)12(2,3)4/h5H,6H2,1-4H3,(H3,13,14,16,17). The van der Waals surface area contributed by atoms with Gasteiger partial charge in [-0.1, -0.05) is 25.9 Å². The third kappa shape index (κ3) is 3.40. The van der Waals surface area contributed by atoms with Gasteiger partial charge in [-0.05, 0) is 0 Å². The van der Waals surface area contributed by atoms with E-state index >= 15 is 0 Å². The molecule has 2 heterocycles. The molecule has 0 saturated heterocycles. The molecule has 0 atom stereocenters. The third-order valence-electron chi connectivity index (χ3n) is 2.41. The van der Waals surface area contributed by atoms with Gasteiger partial charge in [-0.3, -0.25) is 0 Å². The average Bonchev–Trinajstić information content (AvgIpc) is 2.71. The highest BCUT2D eigenvalue weighted by atomic mass is 16.5. The minimum atomic E-state index is -0.158. The summed E-state index contributed by atoms with van der Waals surface area (Å²) in [5, 5.41) is 6.91. The van der Waals surface area contributed by atoms with Crippen LogP contribution in [-0.2, 0) is 12.0 Å². The summed E-state index contributed by atoms with van der Waals surface area (Å²) < 4.78 is 4.90. The van der Waals surface area contributed by atoms with Crippen LogP contribution >= 0.6 is 0 Å². The molecule has 2 rings (SSSR count). The molecule has 0 aliphatic carbocycles. The van der Waals surface area contributed by atoms with E-state index in [0.29, 0.717) is 35.7 Å². The summed E-state index contributed by atoms with van der Waals surface area (Å²) in [6.07, 6.45) is 0. The number of rotatable bonds is 3. The van der Waals surface area contributed by atoms with Crippen molar-refractivity contribution in [3.8, 4) is 0 Å². The van der Waals surface area contributed by atoms with E-state index < -0.39 is 0 Å². The van der Waals surface area contributed by atoms with Crippen molar-refractivity contribution in [2.24, 2.45) is 0 Å². The lowest BCUT2D eigenvalue weighted by Gasteiger charge is -2.17. The first-order valence-corrected chi connectivity index (χ1v) is 6.03. The fourth-order valence-corrected chi connectivity index (χ4v) is 1.47. The number of nitrogens with two attached hydrogens (primary N) is 1. The molecule has 2 aromatic heterocycles. The topological polar surface area (TPSA) is 103 Å². The van der Waals surface area contributed by atoms with Crippen molar-refractivity contribution in [1.82, 2.24) is 20.1 Å². The lowest BCUT2D eigenvalue weighted by molar-refractivity contribution is 0.388. The molecule has 0 bridgehead atoms. The average molecular weight is 262 g/mol. The minimum absolute atomic E-state index is 0.158. The Morgan fingerprint density at radius 3 is 2.58 bits per heavy atom. The van der Waals surface area contributed by atoms with Crippen LogP contribution in [0.1, 0.15) is 38.3 Å². The van der Waals surface area contributed by atoms with E-state index in [-0.39, 0.29) is 5.41 Å². The fourth-order valence-electron chi connectivity index (χ4n) is 1.47. The summed E-state index contributed by atoms with van der Waals surface area (Å²) >= 11 is 0. The second-order valence-electron chi connectivity index (χ2n) is 5.33. The number of anilines is 2. The van der Waals surface area contributed by atoms with Crippen LogP contribution < -0.4 is 11.1 Å². The first-order valence-electron chi connectivity index (χ1n) is 6.03. The number of nitrogens with zero attached hydrogens (tertiary/aromatic N) is 4. The van der Waals surface area contributed by atoms with Gasteiger partial charge in [0, 0.05) is 18.4 Å². The summed E-state index contributed by atoms with van der Waals surface area (Å²) in [6.45, 7) is 8.28. The van der Waals surface area contributed by atoms with E-state index in [1.807, 2.05) is 20.8 Å². The van der Waals surface area contributed by atoms with Gasteiger partial charge < -0.3 is 15.6 Å². The maximum Gasteiger partial charge on any atom is 0.223 e. The number of aromatic nitrogens is 4. The van der Waals surface area contributed by atoms with E-state index in [1.54, 1.807) is 13.0 Å². The van der Waals surface area contributed by atoms with Gasteiger partial charge in [0.1, 0.15) is 17.5 Å². The van der Waals surface area contributed by atoms with Crippen molar-refractivity contribution in [3.05, 3.63) is 23.6 Å². The number of hydrogen-bond acceptors (Lipinski definition) is 7. The van der Waals surface area contributed by atoms with Crippen LogP contribution in [0.25, 0.3) is 0 Å². The largest absolute Gasteiger partial charge is 0.384 e. The van der Waals surface area contributed by atoms with E-state index in [9.17, 15) is 0 Å². The highest BCUT2D eigenvalue weighted by Gasteiger charge is 2.18. The molecule has 0 spiro atoms. The monoisotopic (exact) mass is 262 g/mol. The third-order valence-corrected chi connectivity index (χ3v) is 2.41. The molecule has 7 heteroatoms. The number of nitrogens with one attached hydrogen (secondary N) is 1. The van der Waals surface area contributed by atoms with Crippen LogP contribution in [0.5, 0.6) is 0 Å². The van der Waals surface area contributed by atoms with Crippen molar-refractivity contribution in [1.29, 1.82) is 0 Å². The molecule has 19 heavy (non-hydrogen) atoms. The van der Waals surface area contributed by atoms with Crippen molar-refractivity contribution in [2.75, 3.05) is 11.1 Å². The lowest BCUT2D eigenvalue weighted by Crippen LogP contribution is -2.18. The van der Waals surface area contributed by atoms with E-state index in [2.05, 4.69) is 25.4 Å². The summed E-state index contributed by atoms with van der Waals surface area (Å²) in [5.41, 5.74) is 5.63. The first-order chi connectivity index (χ1) is 8.84. The van der Waals surface area contributed by atoms with Gasteiger partial charge in [-0.2, -0.15) is 4.98 Å². The fraction of sp³-hybridized carbons (Fsp3) is 0.500. The number of aryl methyl sites for hydroxylation is 1. The molecule has 3 N–H and O–H groups in total. The first kappa shape index (κ1) is 13.3. The van der Waals surface area contributed by atoms with E-state index in [1.165, 1.54) is 0 Å². The summed E-state index contributed by atoms with van der Waals surface area (Å²) in [5.74, 6) is 2.90. The van der Waals surface area contributed by atoms with Crippen LogP contribution in [0, 0.1) is 6.92 Å². The Labute approximate surface area is 111 Å². The van der Waals surface area contributed by atoms with Gasteiger partial charge in [0.05, 0.1) is 6.54 Å². The van der Waals surface area contributed by atoms with Crippen molar-refractivity contribution >= 4 is 11.6 Å². The smallest absolute Gasteiger partial charge is 0.223 e. The zero-order valence-corrected chi connectivity index (χ0v) is 11.6. The second-order valence-corrected chi connectivity index (χ2v) is 5.33. The Bertz CT molecular complexity index is 572. The van der Waals surface area contributed by atoms with Gasteiger partial charge in [-0.25, -0.2) is 9.97 Å². The van der Waals surface area contributed by atoms with Crippen molar-refractivity contribution in [2.45, 2.75) is 39.7 Å². The van der Waals surface area contributed by atoms with Gasteiger partial charge >= 0.3 is 0 Å². The molecule has 0 radical (unpaired) electrons. The summed E-state index contributed by atoms with van der Waals surface area (Å²) in [4.78, 5) is 12.8. The van der Waals surface area contributed by atoms with Gasteiger partial charge in [0.2, 0.25) is 5.89 Å². The molecule has 0 aliphatic heterocycles. The molecule has 0 saturated carbocycles. The van der Waals surface area contributed by atoms with E-state index in [4.69, 9.17) is 10.3 Å². The van der Waals surface area contributed by atoms with Crippen molar-refractivity contribution < 1.29 is 4.52 Å². The molecule has 102 valence electrons. The van der Waals surface area contributed by atoms with Gasteiger partial charge in [0.15, 0.2) is 5.82 Å². The molecule has 0 aromatic carbocycles. The maximum absolute atomic E-state index is 5.79. The molecule has 2 aromatic rings. The van der Waals surface area contributed by atoms with Gasteiger partial charge in [0.25, 0.3) is 0 Å². The van der Waals surface area contributed by atoms with Gasteiger partial charge in [-0.15, -0.1) is 0 Å². The molecule has 0 aliphatic rings. The minimum Gasteiger partial charge on any atom is -0.384 e. The zero-order valence-electron chi connectivity index (χ0n) is 11.6. The molecule has 0 fully saturated rings. The number of hydrogen-bond donors (Lipinski definition) is 2. The SMILES string of the molecule is Cc1nc(CNc2cc(N)nc(C(C)(C)C)n2)no1. The normalized spacial score (nSPS) is 11.6. The highest BCUT2D eigenvalue weighted by Crippen LogP contribution is 2.21. The van der Waals surface area contributed by atoms with Crippen LogP contribution in [0.2, 0.25) is 0 Å². The van der Waals surface area contributed by atoms with Crippen LogP contribution in [0.15, 0.2) is 10.6 Å². The zero-order chi connectivity index (χ0) is 14.0. The Morgan fingerprint density at radius 1 is 1.26 bits per heavy atom. The lowest BCUT2D eigenvalue weighted by atomic mass is 9.96. The van der Waals surface area contributed by atoms with Crippen LogP contribution in [0.4, 0.5) is 11.6 Å². The summed E-state index contributed by atoms with van der Waals surface area (Å²) in [7, 11) is 0.